The van der Waals surface area contributed by atoms with Crippen molar-refractivity contribution in [2.75, 3.05) is 6.54 Å². The van der Waals surface area contributed by atoms with Crippen LogP contribution in [0.4, 0.5) is 4.39 Å². The van der Waals surface area contributed by atoms with Gasteiger partial charge in [-0.3, -0.25) is 14.4 Å². The first-order chi connectivity index (χ1) is 16.4. The highest BCUT2D eigenvalue weighted by molar-refractivity contribution is 6.00. The molecule has 34 heavy (non-hydrogen) atoms. The molecule has 5 atom stereocenters. The number of likely N-dealkylation sites (tertiary alicyclic amines) is 1. The number of rotatable bonds is 7. The number of halogens is 1. The maximum absolute atomic E-state index is 13.6. The third-order valence-corrected chi connectivity index (χ3v) is 7.58. The zero-order valence-corrected chi connectivity index (χ0v) is 19.0. The number of fused-ring (bicyclic) bond motifs is 1. The molecular weight excluding hydrogens is 437 g/mol. The molecule has 3 fully saturated rings. The van der Waals surface area contributed by atoms with Gasteiger partial charge in [0.05, 0.1) is 17.9 Å². The van der Waals surface area contributed by atoms with E-state index in [1.54, 1.807) is 30.4 Å². The second kappa shape index (κ2) is 8.98. The number of carbonyl (C=O) groups excluding carboxylic acids is 3. The van der Waals surface area contributed by atoms with E-state index in [-0.39, 0.29) is 42.7 Å². The molecular formula is C26H30FN3O4. The predicted molar refractivity (Wildman–Crippen MR) is 123 cm³/mol. The van der Waals surface area contributed by atoms with Crippen LogP contribution in [-0.2, 0) is 25.7 Å². The summed E-state index contributed by atoms with van der Waals surface area (Å²) in [4.78, 5) is 41.8. The highest BCUT2D eigenvalue weighted by Gasteiger charge is 2.72. The molecule has 0 aromatic heterocycles. The molecule has 4 aliphatic rings. The van der Waals surface area contributed by atoms with Gasteiger partial charge in [0, 0.05) is 19.1 Å². The zero-order valence-electron chi connectivity index (χ0n) is 19.0. The quantitative estimate of drug-likeness (QED) is 0.602. The van der Waals surface area contributed by atoms with Crippen molar-refractivity contribution in [3.8, 4) is 0 Å². The summed E-state index contributed by atoms with van der Waals surface area (Å²) in [5.74, 6) is -2.68. The first kappa shape index (κ1) is 22.8. The largest absolute Gasteiger partial charge is 0.359 e. The molecule has 3 heterocycles. The first-order valence-corrected chi connectivity index (χ1v) is 12.1. The van der Waals surface area contributed by atoms with Gasteiger partial charge < -0.3 is 20.3 Å². The Morgan fingerprint density at radius 2 is 1.91 bits per heavy atom. The normalized spacial score (nSPS) is 32.0. The highest BCUT2D eigenvalue weighted by atomic mass is 19.1. The fraction of sp³-hybridized carbons (Fsp3) is 0.500. The van der Waals surface area contributed by atoms with Gasteiger partial charge in [0.15, 0.2) is 0 Å². The summed E-state index contributed by atoms with van der Waals surface area (Å²) >= 11 is 0. The minimum Gasteiger partial charge on any atom is -0.359 e. The van der Waals surface area contributed by atoms with Crippen LogP contribution in [0.3, 0.4) is 0 Å². The Bertz CT molecular complexity index is 1020. The van der Waals surface area contributed by atoms with E-state index < -0.39 is 29.6 Å². The van der Waals surface area contributed by atoms with Crippen molar-refractivity contribution in [1.82, 2.24) is 15.5 Å². The van der Waals surface area contributed by atoms with E-state index >= 15 is 0 Å². The molecule has 2 N–H and O–H groups in total. The summed E-state index contributed by atoms with van der Waals surface area (Å²) < 4.78 is 19.5. The summed E-state index contributed by atoms with van der Waals surface area (Å²) in [7, 11) is 0. The molecule has 2 bridgehead atoms. The van der Waals surface area contributed by atoms with E-state index in [2.05, 4.69) is 17.2 Å². The van der Waals surface area contributed by atoms with Crippen molar-refractivity contribution < 1.29 is 23.5 Å². The lowest BCUT2D eigenvalue weighted by Crippen LogP contribution is -2.56. The Balaban J connectivity index is 1.37. The average Bonchev–Trinajstić information content (AvgIpc) is 3.47. The fourth-order valence-electron chi connectivity index (χ4n) is 6.04. The van der Waals surface area contributed by atoms with E-state index in [9.17, 15) is 18.8 Å². The van der Waals surface area contributed by atoms with Crippen LogP contribution in [0.5, 0.6) is 0 Å². The number of ether oxygens (including phenoxy) is 1. The van der Waals surface area contributed by atoms with Gasteiger partial charge in [-0.05, 0) is 30.5 Å². The Morgan fingerprint density at radius 1 is 1.18 bits per heavy atom. The molecule has 1 aromatic carbocycles. The van der Waals surface area contributed by atoms with E-state index in [1.807, 2.05) is 0 Å². The molecule has 2 saturated heterocycles. The van der Waals surface area contributed by atoms with E-state index in [1.165, 1.54) is 23.5 Å². The van der Waals surface area contributed by atoms with Gasteiger partial charge in [0.2, 0.25) is 17.7 Å². The lowest BCUT2D eigenvalue weighted by atomic mass is 9.74. The first-order valence-electron chi connectivity index (χ1n) is 12.1. The molecule has 1 aliphatic carbocycles. The highest BCUT2D eigenvalue weighted by Crippen LogP contribution is 2.55. The maximum Gasteiger partial charge on any atom is 0.246 e. The lowest BCUT2D eigenvalue weighted by molar-refractivity contribution is -0.141. The third-order valence-electron chi connectivity index (χ3n) is 7.58. The predicted octanol–water partition coefficient (Wildman–Crippen LogP) is 2.23. The van der Waals surface area contributed by atoms with Gasteiger partial charge in [0.25, 0.3) is 0 Å². The molecule has 0 radical (unpaired) electrons. The van der Waals surface area contributed by atoms with Crippen LogP contribution < -0.4 is 10.6 Å². The summed E-state index contributed by atoms with van der Waals surface area (Å²) in [6, 6.07) is 5.13. The molecule has 3 amide bonds. The van der Waals surface area contributed by atoms with Crippen LogP contribution in [0.1, 0.15) is 37.7 Å². The van der Waals surface area contributed by atoms with Crippen molar-refractivity contribution in [2.45, 2.75) is 62.4 Å². The molecule has 180 valence electrons. The molecule has 5 rings (SSSR count). The van der Waals surface area contributed by atoms with Gasteiger partial charge in [-0.15, -0.1) is 6.58 Å². The van der Waals surface area contributed by atoms with Crippen molar-refractivity contribution in [3.63, 3.8) is 0 Å². The maximum atomic E-state index is 13.6. The number of benzene rings is 1. The Morgan fingerprint density at radius 3 is 2.62 bits per heavy atom. The number of nitrogens with zero attached hydrogens (tertiary/aromatic N) is 1. The smallest absolute Gasteiger partial charge is 0.246 e. The molecule has 8 heteroatoms. The molecule has 1 saturated carbocycles. The molecule has 3 aliphatic heterocycles. The van der Waals surface area contributed by atoms with Gasteiger partial charge in [-0.1, -0.05) is 49.6 Å². The zero-order chi connectivity index (χ0) is 23.9. The topological polar surface area (TPSA) is 87.7 Å². The number of carbonyl (C=O) groups is 3. The number of hydrogen-bond donors (Lipinski definition) is 2. The molecule has 0 unspecified atom stereocenters. The SMILES string of the molecule is C=CCN1C(=O)[C@@H]2[C@@H](C(=O)NCc3ccc(F)cc3)[C@H]3C=C[C@@]2(O3)[C@@H]1C(=O)NC1CCCCC1. The van der Waals surface area contributed by atoms with Crippen LogP contribution in [0.25, 0.3) is 0 Å². The van der Waals surface area contributed by atoms with Crippen LogP contribution in [0.15, 0.2) is 49.1 Å². The van der Waals surface area contributed by atoms with Gasteiger partial charge in [-0.2, -0.15) is 0 Å². The van der Waals surface area contributed by atoms with Crippen LogP contribution in [-0.4, -0.2) is 53.0 Å². The van der Waals surface area contributed by atoms with Crippen molar-refractivity contribution in [3.05, 3.63) is 60.5 Å². The second-order valence-electron chi connectivity index (χ2n) is 9.67. The van der Waals surface area contributed by atoms with Crippen molar-refractivity contribution in [1.29, 1.82) is 0 Å². The standard InChI is InChI=1S/C26H30FN3O4/c1-2-14-30-22(24(32)29-18-6-4-3-5-7-18)26-13-12-19(34-26)20(21(26)25(30)33)23(31)28-15-16-8-10-17(27)11-9-16/h2,8-13,18-22H,1,3-7,14-15H2,(H,28,31)(H,29,32)/t19-,20+,21+,22+,26+/m1/s1. The Labute approximate surface area is 198 Å². The summed E-state index contributed by atoms with van der Waals surface area (Å²) in [5, 5.41) is 6.01. The minimum atomic E-state index is -1.17. The van der Waals surface area contributed by atoms with Gasteiger partial charge in [-0.25, -0.2) is 4.39 Å². The van der Waals surface area contributed by atoms with Crippen molar-refractivity contribution in [2.24, 2.45) is 11.8 Å². The fourth-order valence-corrected chi connectivity index (χ4v) is 6.04. The summed E-state index contributed by atoms with van der Waals surface area (Å²) in [6.07, 6.45) is 9.80. The van der Waals surface area contributed by atoms with Crippen molar-refractivity contribution >= 4 is 17.7 Å². The number of nitrogens with one attached hydrogen (secondary N) is 2. The third kappa shape index (κ3) is 3.74. The van der Waals surface area contributed by atoms with Gasteiger partial charge >= 0.3 is 0 Å². The summed E-state index contributed by atoms with van der Waals surface area (Å²) in [5.41, 5.74) is -0.415. The number of amides is 3. The van der Waals surface area contributed by atoms with Crippen LogP contribution in [0, 0.1) is 17.7 Å². The van der Waals surface area contributed by atoms with E-state index in [0.717, 1.165) is 31.2 Å². The van der Waals surface area contributed by atoms with Crippen LogP contribution in [0.2, 0.25) is 0 Å². The minimum absolute atomic E-state index is 0.0924. The lowest BCUT2D eigenvalue weighted by Gasteiger charge is -2.33. The summed E-state index contributed by atoms with van der Waals surface area (Å²) in [6.45, 7) is 4.16. The monoisotopic (exact) mass is 467 g/mol. The van der Waals surface area contributed by atoms with Gasteiger partial charge in [0.1, 0.15) is 17.5 Å². The van der Waals surface area contributed by atoms with Crippen LogP contribution >= 0.6 is 0 Å². The average molecular weight is 468 g/mol. The van der Waals surface area contributed by atoms with E-state index in [4.69, 9.17) is 4.74 Å². The number of hydrogen-bond acceptors (Lipinski definition) is 4. The molecule has 1 spiro atoms. The Kier molecular flexibility index (Phi) is 6.02. The van der Waals surface area contributed by atoms with E-state index in [0.29, 0.717) is 0 Å². The Hall–Kier alpha value is -3.00. The second-order valence-corrected chi connectivity index (χ2v) is 9.67. The molecule has 1 aromatic rings. The molecule has 7 nitrogen and oxygen atoms in total.